The average molecular weight is 277 g/mol. The molecule has 2 rings (SSSR count). The van der Waals surface area contributed by atoms with Crippen molar-refractivity contribution < 1.29 is 0 Å². The Kier molecular flexibility index (Phi) is 6.05. The summed E-state index contributed by atoms with van der Waals surface area (Å²) in [5.41, 5.74) is 0. The van der Waals surface area contributed by atoms with Crippen LogP contribution in [0.1, 0.15) is 39.5 Å². The van der Waals surface area contributed by atoms with E-state index >= 15 is 0 Å². The van der Waals surface area contributed by atoms with Gasteiger partial charge in [-0.15, -0.1) is 0 Å². The van der Waals surface area contributed by atoms with Gasteiger partial charge in [0.25, 0.3) is 0 Å². The zero-order valence-corrected chi connectivity index (χ0v) is 12.7. The summed E-state index contributed by atoms with van der Waals surface area (Å²) in [7, 11) is 0. The fourth-order valence-electron chi connectivity index (χ4n) is 2.52. The molecule has 1 aliphatic heterocycles. The maximum absolute atomic E-state index is 4.48. The van der Waals surface area contributed by atoms with Crippen LogP contribution < -0.4 is 10.6 Å². The summed E-state index contributed by atoms with van der Waals surface area (Å²) in [6.45, 7) is 8.73. The van der Waals surface area contributed by atoms with E-state index in [0.717, 1.165) is 25.3 Å². The molecule has 0 radical (unpaired) electrons. The van der Waals surface area contributed by atoms with E-state index < -0.39 is 0 Å². The van der Waals surface area contributed by atoms with Gasteiger partial charge in [0.2, 0.25) is 5.95 Å². The summed E-state index contributed by atoms with van der Waals surface area (Å²) in [6, 6.07) is 2.48. The van der Waals surface area contributed by atoms with E-state index in [-0.39, 0.29) is 0 Å². The summed E-state index contributed by atoms with van der Waals surface area (Å²) < 4.78 is 0. The Morgan fingerprint density at radius 3 is 2.80 bits per heavy atom. The van der Waals surface area contributed by atoms with Crippen LogP contribution in [-0.4, -0.2) is 47.1 Å². The number of aromatic nitrogens is 2. The van der Waals surface area contributed by atoms with Crippen molar-refractivity contribution in [2.24, 2.45) is 0 Å². The van der Waals surface area contributed by atoms with Crippen molar-refractivity contribution in [3.63, 3.8) is 0 Å². The highest BCUT2D eigenvalue weighted by atomic mass is 15.2. The van der Waals surface area contributed by atoms with Crippen molar-refractivity contribution in [1.82, 2.24) is 14.9 Å². The van der Waals surface area contributed by atoms with Crippen LogP contribution >= 0.6 is 0 Å². The van der Waals surface area contributed by atoms with E-state index in [9.17, 15) is 0 Å². The van der Waals surface area contributed by atoms with Gasteiger partial charge >= 0.3 is 0 Å². The Bertz CT molecular complexity index is 390. The maximum Gasteiger partial charge on any atom is 0.224 e. The van der Waals surface area contributed by atoms with Crippen molar-refractivity contribution in [2.45, 2.75) is 45.6 Å². The lowest BCUT2D eigenvalue weighted by atomic mass is 10.1. The number of anilines is 2. The van der Waals surface area contributed by atoms with Crippen LogP contribution in [-0.2, 0) is 0 Å². The first-order valence-corrected chi connectivity index (χ1v) is 7.84. The fraction of sp³-hybridized carbons (Fsp3) is 0.733. The van der Waals surface area contributed by atoms with Gasteiger partial charge in [0.15, 0.2) is 0 Å². The van der Waals surface area contributed by atoms with E-state index in [1.807, 2.05) is 6.07 Å². The molecule has 0 aromatic carbocycles. The van der Waals surface area contributed by atoms with Crippen molar-refractivity contribution in [2.75, 3.05) is 36.8 Å². The Morgan fingerprint density at radius 1 is 1.25 bits per heavy atom. The molecule has 5 heteroatoms. The van der Waals surface area contributed by atoms with Crippen LogP contribution in [0.5, 0.6) is 0 Å². The van der Waals surface area contributed by atoms with Gasteiger partial charge in [0, 0.05) is 25.3 Å². The van der Waals surface area contributed by atoms with Crippen LogP contribution in [0.15, 0.2) is 12.3 Å². The molecule has 2 N–H and O–H groups in total. The number of nitrogens with zero attached hydrogens (tertiary/aromatic N) is 3. The molecule has 1 fully saturated rings. The Hall–Kier alpha value is -1.36. The first-order valence-electron chi connectivity index (χ1n) is 7.84. The number of hydrogen-bond donors (Lipinski definition) is 2. The number of piperidine rings is 1. The third kappa shape index (κ3) is 4.63. The molecule has 5 nitrogen and oxygen atoms in total. The summed E-state index contributed by atoms with van der Waals surface area (Å²) >= 11 is 0. The lowest BCUT2D eigenvalue weighted by molar-refractivity contribution is 0.180. The van der Waals surface area contributed by atoms with E-state index in [1.54, 1.807) is 6.20 Å². The Labute approximate surface area is 122 Å². The number of rotatable bonds is 7. The van der Waals surface area contributed by atoms with Crippen molar-refractivity contribution in [3.8, 4) is 0 Å². The summed E-state index contributed by atoms with van der Waals surface area (Å²) in [5.74, 6) is 1.62. The summed E-state index contributed by atoms with van der Waals surface area (Å²) in [6.07, 6.45) is 6.94. The van der Waals surface area contributed by atoms with Gasteiger partial charge < -0.3 is 10.6 Å². The van der Waals surface area contributed by atoms with Crippen LogP contribution in [0.4, 0.5) is 11.8 Å². The standard InChI is InChI=1S/C15H27N5/c1-3-8-16-15-17-9-7-14(19-15)18-12-13(2)20-10-5-4-6-11-20/h7,9,13H,3-6,8,10-12H2,1-2H3,(H2,16,17,18,19). The largest absolute Gasteiger partial charge is 0.368 e. The topological polar surface area (TPSA) is 53.1 Å². The molecule has 1 aliphatic rings. The van der Waals surface area contributed by atoms with Crippen molar-refractivity contribution in [3.05, 3.63) is 12.3 Å². The molecule has 1 unspecified atom stereocenters. The SMILES string of the molecule is CCCNc1nccc(NCC(C)N2CCCCC2)n1. The second-order valence-electron chi connectivity index (χ2n) is 5.52. The highest BCUT2D eigenvalue weighted by Crippen LogP contribution is 2.13. The molecule has 0 aliphatic carbocycles. The molecule has 1 saturated heterocycles. The molecular weight excluding hydrogens is 250 g/mol. The minimum Gasteiger partial charge on any atom is -0.368 e. The summed E-state index contributed by atoms with van der Waals surface area (Å²) in [5, 5.41) is 6.64. The Balaban J connectivity index is 1.80. The molecule has 0 amide bonds. The van der Waals surface area contributed by atoms with E-state index in [1.165, 1.54) is 32.4 Å². The molecule has 20 heavy (non-hydrogen) atoms. The average Bonchev–Trinajstić information content (AvgIpc) is 2.52. The smallest absolute Gasteiger partial charge is 0.224 e. The third-order valence-electron chi connectivity index (χ3n) is 3.78. The first kappa shape index (κ1) is 15.0. The van der Waals surface area contributed by atoms with Gasteiger partial charge in [0.05, 0.1) is 0 Å². The van der Waals surface area contributed by atoms with Gasteiger partial charge in [0.1, 0.15) is 5.82 Å². The van der Waals surface area contributed by atoms with E-state index in [4.69, 9.17) is 0 Å². The Morgan fingerprint density at radius 2 is 2.05 bits per heavy atom. The van der Waals surface area contributed by atoms with Crippen molar-refractivity contribution in [1.29, 1.82) is 0 Å². The van der Waals surface area contributed by atoms with Crippen LogP contribution in [0.2, 0.25) is 0 Å². The van der Waals surface area contributed by atoms with E-state index in [2.05, 4.69) is 39.3 Å². The zero-order chi connectivity index (χ0) is 14.2. The van der Waals surface area contributed by atoms with Gasteiger partial charge in [-0.05, 0) is 45.3 Å². The van der Waals surface area contributed by atoms with Gasteiger partial charge in [-0.2, -0.15) is 4.98 Å². The molecule has 1 aromatic heterocycles. The van der Waals surface area contributed by atoms with Crippen LogP contribution in [0.25, 0.3) is 0 Å². The highest BCUT2D eigenvalue weighted by molar-refractivity contribution is 5.39. The third-order valence-corrected chi connectivity index (χ3v) is 3.78. The predicted octanol–water partition coefficient (Wildman–Crippen LogP) is 2.58. The molecule has 2 heterocycles. The number of likely N-dealkylation sites (tertiary alicyclic amines) is 1. The normalized spacial score (nSPS) is 17.7. The van der Waals surface area contributed by atoms with E-state index in [0.29, 0.717) is 12.0 Å². The minimum absolute atomic E-state index is 0.553. The van der Waals surface area contributed by atoms with Gasteiger partial charge in [-0.1, -0.05) is 13.3 Å². The van der Waals surface area contributed by atoms with Gasteiger partial charge in [-0.3, -0.25) is 4.90 Å². The van der Waals surface area contributed by atoms with Crippen LogP contribution in [0.3, 0.4) is 0 Å². The number of nitrogens with one attached hydrogen (secondary N) is 2. The maximum atomic E-state index is 4.48. The molecule has 0 spiro atoms. The lowest BCUT2D eigenvalue weighted by Gasteiger charge is -2.32. The zero-order valence-electron chi connectivity index (χ0n) is 12.7. The minimum atomic E-state index is 0.553. The quantitative estimate of drug-likeness (QED) is 0.802. The highest BCUT2D eigenvalue weighted by Gasteiger charge is 2.16. The monoisotopic (exact) mass is 277 g/mol. The molecule has 1 aromatic rings. The lowest BCUT2D eigenvalue weighted by Crippen LogP contribution is -2.41. The number of hydrogen-bond acceptors (Lipinski definition) is 5. The summed E-state index contributed by atoms with van der Waals surface area (Å²) in [4.78, 5) is 11.3. The fourth-order valence-corrected chi connectivity index (χ4v) is 2.52. The van der Waals surface area contributed by atoms with Crippen LogP contribution in [0, 0.1) is 0 Å². The molecule has 0 bridgehead atoms. The molecule has 112 valence electrons. The molecular formula is C15H27N5. The molecule has 0 saturated carbocycles. The second-order valence-corrected chi connectivity index (χ2v) is 5.52. The first-order chi connectivity index (χ1) is 9.79. The predicted molar refractivity (Wildman–Crippen MR) is 84.2 cm³/mol. The van der Waals surface area contributed by atoms with Crippen molar-refractivity contribution >= 4 is 11.8 Å². The molecule has 1 atom stereocenters. The second kappa shape index (κ2) is 8.04. The van der Waals surface area contributed by atoms with Gasteiger partial charge in [-0.25, -0.2) is 4.98 Å².